The molecule has 0 aliphatic carbocycles. The number of aryl methyl sites for hydroxylation is 1. The van der Waals surface area contributed by atoms with Gasteiger partial charge in [-0.2, -0.15) is 0 Å². The molecule has 1 N–H and O–H groups in total. The van der Waals surface area contributed by atoms with Crippen LogP contribution in [0.15, 0.2) is 103 Å². The molecule has 6 heteroatoms. The van der Waals surface area contributed by atoms with Gasteiger partial charge < -0.3 is 15.1 Å². The van der Waals surface area contributed by atoms with Gasteiger partial charge in [-0.1, -0.05) is 72.3 Å². The molecule has 0 bridgehead atoms. The van der Waals surface area contributed by atoms with Crippen LogP contribution in [0.25, 0.3) is 0 Å². The number of amides is 2. The molecule has 1 atom stereocenters. The zero-order valence-electron chi connectivity index (χ0n) is 21.9. The SMILES string of the molecule is Cc1ccc(CN(C(=O)Cc2ccccc2)C(C(=O)Nc2ccc(N(C)C)cc2)c2ccc(F)cc2)cc1. The molecule has 0 spiro atoms. The number of carbonyl (C=O) groups excluding carboxylic acids is 2. The molecule has 4 aromatic rings. The standard InChI is InChI=1S/C32H32FN3O2/c1-23-9-11-25(12-10-23)22-36(30(37)21-24-7-5-4-6-8-24)31(26-13-15-27(33)16-14-26)32(38)34-28-17-19-29(20-18-28)35(2)3/h4-20,31H,21-22H2,1-3H3,(H,34,38). The van der Waals surface area contributed by atoms with Gasteiger partial charge in [0.1, 0.15) is 11.9 Å². The number of halogens is 1. The van der Waals surface area contributed by atoms with Gasteiger partial charge in [0.2, 0.25) is 5.91 Å². The third kappa shape index (κ3) is 6.85. The third-order valence-electron chi connectivity index (χ3n) is 6.39. The fourth-order valence-corrected chi connectivity index (χ4v) is 4.26. The molecule has 0 saturated carbocycles. The highest BCUT2D eigenvalue weighted by atomic mass is 19.1. The van der Waals surface area contributed by atoms with E-state index in [1.165, 1.54) is 12.1 Å². The van der Waals surface area contributed by atoms with Gasteiger partial charge >= 0.3 is 0 Å². The summed E-state index contributed by atoms with van der Waals surface area (Å²) in [5.74, 6) is -0.986. The number of nitrogens with one attached hydrogen (secondary N) is 1. The van der Waals surface area contributed by atoms with Crippen LogP contribution in [-0.4, -0.2) is 30.8 Å². The molecule has 0 saturated heterocycles. The average molecular weight is 510 g/mol. The Hall–Kier alpha value is -4.45. The molecule has 38 heavy (non-hydrogen) atoms. The van der Waals surface area contributed by atoms with Crippen molar-refractivity contribution < 1.29 is 14.0 Å². The van der Waals surface area contributed by atoms with Gasteiger partial charge in [0.25, 0.3) is 5.91 Å². The Morgan fingerprint density at radius 1 is 0.789 bits per heavy atom. The topological polar surface area (TPSA) is 52.7 Å². The Labute approximate surface area is 223 Å². The lowest BCUT2D eigenvalue weighted by molar-refractivity contribution is -0.139. The van der Waals surface area contributed by atoms with E-state index in [0.29, 0.717) is 11.3 Å². The van der Waals surface area contributed by atoms with Crippen molar-refractivity contribution >= 4 is 23.2 Å². The van der Waals surface area contributed by atoms with E-state index in [-0.39, 0.29) is 24.8 Å². The predicted molar refractivity (Wildman–Crippen MR) is 150 cm³/mol. The van der Waals surface area contributed by atoms with Crippen LogP contribution >= 0.6 is 0 Å². The van der Waals surface area contributed by atoms with Gasteiger partial charge in [-0.3, -0.25) is 9.59 Å². The summed E-state index contributed by atoms with van der Waals surface area (Å²) in [5.41, 5.74) is 4.99. The van der Waals surface area contributed by atoms with E-state index in [1.54, 1.807) is 17.0 Å². The smallest absolute Gasteiger partial charge is 0.251 e. The number of carbonyl (C=O) groups is 2. The summed E-state index contributed by atoms with van der Waals surface area (Å²) >= 11 is 0. The first-order valence-corrected chi connectivity index (χ1v) is 12.5. The van der Waals surface area contributed by atoms with Gasteiger partial charge in [-0.15, -0.1) is 0 Å². The molecule has 0 fully saturated rings. The molecular formula is C32H32FN3O2. The molecule has 0 radical (unpaired) electrons. The first kappa shape index (κ1) is 26.6. The van der Waals surface area contributed by atoms with Gasteiger partial charge in [-0.05, 0) is 60.0 Å². The van der Waals surface area contributed by atoms with Crippen LogP contribution in [0.1, 0.15) is 28.3 Å². The molecule has 4 rings (SSSR count). The van der Waals surface area contributed by atoms with E-state index < -0.39 is 11.9 Å². The van der Waals surface area contributed by atoms with Gasteiger partial charge in [-0.25, -0.2) is 4.39 Å². The van der Waals surface area contributed by atoms with E-state index >= 15 is 0 Å². The quantitative estimate of drug-likeness (QED) is 0.294. The number of hydrogen-bond donors (Lipinski definition) is 1. The van der Waals surface area contributed by atoms with Crippen LogP contribution in [0.2, 0.25) is 0 Å². The highest BCUT2D eigenvalue weighted by molar-refractivity contribution is 5.98. The molecule has 0 aliphatic rings. The maximum absolute atomic E-state index is 13.9. The third-order valence-corrected chi connectivity index (χ3v) is 6.39. The summed E-state index contributed by atoms with van der Waals surface area (Å²) in [6.07, 6.45) is 0.134. The molecule has 2 amide bonds. The Balaban J connectivity index is 1.71. The van der Waals surface area contributed by atoms with Crippen molar-refractivity contribution in [3.8, 4) is 0 Å². The van der Waals surface area contributed by atoms with Crippen molar-refractivity contribution in [2.75, 3.05) is 24.3 Å². The molecule has 5 nitrogen and oxygen atoms in total. The summed E-state index contributed by atoms with van der Waals surface area (Å²) in [6.45, 7) is 2.22. The Morgan fingerprint density at radius 3 is 2.03 bits per heavy atom. The number of anilines is 2. The average Bonchev–Trinajstić information content (AvgIpc) is 2.91. The van der Waals surface area contributed by atoms with Crippen LogP contribution in [0.5, 0.6) is 0 Å². The predicted octanol–water partition coefficient (Wildman–Crippen LogP) is 6.15. The fraction of sp³-hybridized carbons (Fsp3) is 0.188. The summed E-state index contributed by atoms with van der Waals surface area (Å²) < 4.78 is 13.8. The molecule has 4 aromatic carbocycles. The van der Waals surface area contributed by atoms with Crippen molar-refractivity contribution in [1.82, 2.24) is 4.90 Å². The van der Waals surface area contributed by atoms with Crippen molar-refractivity contribution in [2.24, 2.45) is 0 Å². The highest BCUT2D eigenvalue weighted by Gasteiger charge is 2.32. The summed E-state index contributed by atoms with van der Waals surface area (Å²) in [4.78, 5) is 31.2. The number of nitrogens with zero attached hydrogens (tertiary/aromatic N) is 2. The molecular weight excluding hydrogens is 477 g/mol. The number of benzene rings is 4. The van der Waals surface area contributed by atoms with E-state index in [2.05, 4.69) is 5.32 Å². The molecule has 0 aromatic heterocycles. The Kier molecular flexibility index (Phi) is 8.54. The molecule has 194 valence electrons. The van der Waals surface area contributed by atoms with Crippen molar-refractivity contribution in [3.63, 3.8) is 0 Å². The molecule has 0 heterocycles. The number of rotatable bonds is 9. The minimum absolute atomic E-state index is 0.134. The summed E-state index contributed by atoms with van der Waals surface area (Å²) in [6, 6.07) is 29.6. The summed E-state index contributed by atoms with van der Waals surface area (Å²) in [7, 11) is 3.89. The van der Waals surface area contributed by atoms with Gasteiger partial charge in [0.05, 0.1) is 6.42 Å². The van der Waals surface area contributed by atoms with Crippen LogP contribution in [0.4, 0.5) is 15.8 Å². The lowest BCUT2D eigenvalue weighted by Crippen LogP contribution is -2.41. The first-order valence-electron chi connectivity index (χ1n) is 12.5. The zero-order valence-corrected chi connectivity index (χ0v) is 21.9. The lowest BCUT2D eigenvalue weighted by Gasteiger charge is -2.32. The van der Waals surface area contributed by atoms with Crippen molar-refractivity contribution in [1.29, 1.82) is 0 Å². The Bertz CT molecular complexity index is 1350. The second kappa shape index (κ2) is 12.2. The highest BCUT2D eigenvalue weighted by Crippen LogP contribution is 2.27. The number of hydrogen-bond acceptors (Lipinski definition) is 3. The lowest BCUT2D eigenvalue weighted by atomic mass is 10.0. The largest absolute Gasteiger partial charge is 0.378 e. The first-order chi connectivity index (χ1) is 18.3. The van der Waals surface area contributed by atoms with Crippen molar-refractivity contribution in [3.05, 3.63) is 131 Å². The second-order valence-corrected chi connectivity index (χ2v) is 9.55. The van der Waals surface area contributed by atoms with Gasteiger partial charge in [0.15, 0.2) is 0 Å². The minimum atomic E-state index is -0.971. The maximum Gasteiger partial charge on any atom is 0.251 e. The van der Waals surface area contributed by atoms with Crippen molar-refractivity contribution in [2.45, 2.75) is 25.9 Å². The second-order valence-electron chi connectivity index (χ2n) is 9.55. The van der Waals surface area contributed by atoms with E-state index in [4.69, 9.17) is 0 Å². The normalized spacial score (nSPS) is 11.5. The fourth-order valence-electron chi connectivity index (χ4n) is 4.26. The molecule has 0 aliphatic heterocycles. The van der Waals surface area contributed by atoms with Crippen LogP contribution in [-0.2, 0) is 22.6 Å². The maximum atomic E-state index is 13.9. The molecule has 1 unspecified atom stereocenters. The van der Waals surface area contributed by atoms with E-state index in [9.17, 15) is 14.0 Å². The van der Waals surface area contributed by atoms with E-state index in [1.807, 2.05) is 105 Å². The monoisotopic (exact) mass is 509 g/mol. The van der Waals surface area contributed by atoms with E-state index in [0.717, 1.165) is 22.4 Å². The van der Waals surface area contributed by atoms with Crippen LogP contribution in [0.3, 0.4) is 0 Å². The summed E-state index contributed by atoms with van der Waals surface area (Å²) in [5, 5.41) is 2.97. The Morgan fingerprint density at radius 2 is 1.42 bits per heavy atom. The minimum Gasteiger partial charge on any atom is -0.378 e. The van der Waals surface area contributed by atoms with Gasteiger partial charge in [0, 0.05) is 32.0 Å². The zero-order chi connectivity index (χ0) is 27.1. The van der Waals surface area contributed by atoms with Crippen LogP contribution in [0, 0.1) is 12.7 Å². The van der Waals surface area contributed by atoms with Crippen LogP contribution < -0.4 is 10.2 Å².